The van der Waals surface area contributed by atoms with E-state index in [9.17, 15) is 18.0 Å². The van der Waals surface area contributed by atoms with E-state index in [4.69, 9.17) is 4.74 Å². The molecule has 0 N–H and O–H groups in total. The number of methoxy groups -OCH3 is 1. The zero-order valence-electron chi connectivity index (χ0n) is 12.9. The second kappa shape index (κ2) is 6.88. The number of fused-ring (bicyclic) bond motifs is 1. The first kappa shape index (κ1) is 16.9. The lowest BCUT2D eigenvalue weighted by Crippen LogP contribution is -2.14. The Balaban J connectivity index is 1.87. The van der Waals surface area contributed by atoms with Crippen molar-refractivity contribution < 1.29 is 22.7 Å². The summed E-state index contributed by atoms with van der Waals surface area (Å²) in [5.74, 6) is -4.21. The Kier molecular flexibility index (Phi) is 4.84. The number of hydrogen-bond acceptors (Lipinski definition) is 4. The maximum atomic E-state index is 13.3. The highest BCUT2D eigenvalue weighted by Crippen LogP contribution is 2.30. The molecule has 0 atom stereocenters. The number of ether oxygens (including phenoxy) is 1. The highest BCUT2D eigenvalue weighted by Gasteiger charge is 2.26. The molecule has 1 aliphatic rings. The highest BCUT2D eigenvalue weighted by atomic mass is 32.2. The predicted molar refractivity (Wildman–Crippen MR) is 82.4 cm³/mol. The third kappa shape index (κ3) is 3.15. The minimum Gasteiger partial charge on any atom is -0.465 e. The number of rotatable bonds is 4. The van der Waals surface area contributed by atoms with Crippen LogP contribution < -0.4 is 0 Å². The van der Waals surface area contributed by atoms with E-state index < -0.39 is 23.4 Å². The van der Waals surface area contributed by atoms with Crippen molar-refractivity contribution in [2.45, 2.75) is 36.5 Å². The summed E-state index contributed by atoms with van der Waals surface area (Å²) in [6.07, 6.45) is 2.69. The molecule has 8 heteroatoms. The van der Waals surface area contributed by atoms with E-state index in [1.165, 1.54) is 7.11 Å². The Morgan fingerprint density at radius 2 is 2.00 bits per heavy atom. The largest absolute Gasteiger partial charge is 0.465 e. The molecule has 0 bridgehead atoms. The van der Waals surface area contributed by atoms with Crippen molar-refractivity contribution in [3.8, 4) is 0 Å². The molecule has 0 radical (unpaired) electrons. The minimum atomic E-state index is -1.49. The van der Waals surface area contributed by atoms with Gasteiger partial charge >= 0.3 is 5.97 Å². The van der Waals surface area contributed by atoms with Gasteiger partial charge < -0.3 is 4.74 Å². The summed E-state index contributed by atoms with van der Waals surface area (Å²) in [6, 6.07) is 1.85. The number of nitrogens with zero attached hydrogens (tertiary/aromatic N) is 2. The van der Waals surface area contributed by atoms with Gasteiger partial charge in [0, 0.05) is 17.2 Å². The SMILES string of the molecule is COC(=O)c1c(CSc2cc(F)c(F)c(F)c2)nn2c1CCCC2. The molecule has 0 saturated heterocycles. The fourth-order valence-electron chi connectivity index (χ4n) is 2.75. The second-order valence-electron chi connectivity index (χ2n) is 5.43. The van der Waals surface area contributed by atoms with Crippen LogP contribution in [0.4, 0.5) is 13.2 Å². The maximum absolute atomic E-state index is 13.3. The Hall–Kier alpha value is -1.96. The first-order valence-corrected chi connectivity index (χ1v) is 8.44. The van der Waals surface area contributed by atoms with Gasteiger partial charge in [-0.15, -0.1) is 11.8 Å². The van der Waals surface area contributed by atoms with Gasteiger partial charge in [-0.25, -0.2) is 18.0 Å². The standard InChI is InChI=1S/C16H15F3N2O2S/c1-23-16(22)14-12(20-21-5-3-2-4-13(14)21)8-24-9-6-10(17)15(19)11(18)7-9/h6-7H,2-5,8H2,1H3. The van der Waals surface area contributed by atoms with Gasteiger partial charge in [-0.1, -0.05) is 0 Å². The van der Waals surface area contributed by atoms with Crippen LogP contribution in [0.25, 0.3) is 0 Å². The van der Waals surface area contributed by atoms with Crippen LogP contribution in [0.1, 0.15) is 34.6 Å². The second-order valence-corrected chi connectivity index (χ2v) is 6.48. The van der Waals surface area contributed by atoms with Crippen LogP contribution in [-0.4, -0.2) is 22.9 Å². The van der Waals surface area contributed by atoms with Crippen LogP contribution >= 0.6 is 11.8 Å². The summed E-state index contributed by atoms with van der Waals surface area (Å²) in [6.45, 7) is 0.726. The maximum Gasteiger partial charge on any atom is 0.341 e. The summed E-state index contributed by atoms with van der Waals surface area (Å²) in [5, 5.41) is 4.43. The third-order valence-corrected chi connectivity index (χ3v) is 4.87. The molecule has 0 fully saturated rings. The number of carbonyl (C=O) groups excluding carboxylic acids is 1. The van der Waals surface area contributed by atoms with Crippen LogP contribution in [-0.2, 0) is 23.5 Å². The number of hydrogen-bond donors (Lipinski definition) is 0. The first-order valence-electron chi connectivity index (χ1n) is 7.45. The van der Waals surface area contributed by atoms with E-state index in [0.29, 0.717) is 11.3 Å². The molecule has 24 heavy (non-hydrogen) atoms. The molecule has 128 valence electrons. The van der Waals surface area contributed by atoms with E-state index in [2.05, 4.69) is 5.10 Å². The number of thioether (sulfide) groups is 1. The number of esters is 1. The number of benzene rings is 1. The van der Waals surface area contributed by atoms with Crippen LogP contribution in [0.3, 0.4) is 0 Å². The highest BCUT2D eigenvalue weighted by molar-refractivity contribution is 7.98. The topological polar surface area (TPSA) is 44.1 Å². The van der Waals surface area contributed by atoms with Gasteiger partial charge in [0.25, 0.3) is 0 Å². The average Bonchev–Trinajstić information content (AvgIpc) is 2.95. The summed E-state index contributed by atoms with van der Waals surface area (Å²) in [7, 11) is 1.30. The van der Waals surface area contributed by atoms with Crippen molar-refractivity contribution in [3.63, 3.8) is 0 Å². The van der Waals surface area contributed by atoms with Crippen molar-refractivity contribution in [3.05, 3.63) is 46.5 Å². The Labute approximate surface area is 141 Å². The van der Waals surface area contributed by atoms with Gasteiger partial charge in [-0.05, 0) is 31.4 Å². The van der Waals surface area contributed by atoms with Gasteiger partial charge in [0.05, 0.1) is 18.5 Å². The van der Waals surface area contributed by atoms with Crippen molar-refractivity contribution >= 4 is 17.7 Å². The van der Waals surface area contributed by atoms with Gasteiger partial charge in [-0.3, -0.25) is 4.68 Å². The fraction of sp³-hybridized carbons (Fsp3) is 0.375. The number of aryl methyl sites for hydroxylation is 1. The molecule has 0 amide bonds. The van der Waals surface area contributed by atoms with Crippen LogP contribution in [0.2, 0.25) is 0 Å². The zero-order valence-corrected chi connectivity index (χ0v) is 13.8. The monoisotopic (exact) mass is 356 g/mol. The smallest absolute Gasteiger partial charge is 0.341 e. The van der Waals surface area contributed by atoms with E-state index in [0.717, 1.165) is 55.4 Å². The summed E-state index contributed by atoms with van der Waals surface area (Å²) in [5.41, 5.74) is 1.77. The predicted octanol–water partition coefficient (Wildman–Crippen LogP) is 3.72. The lowest BCUT2D eigenvalue weighted by Gasteiger charge is -2.13. The molecule has 1 aromatic heterocycles. The molecule has 0 saturated carbocycles. The van der Waals surface area contributed by atoms with Crippen LogP contribution in [0, 0.1) is 17.5 Å². The Bertz CT molecular complexity index is 769. The van der Waals surface area contributed by atoms with Crippen molar-refractivity contribution in [2.75, 3.05) is 7.11 Å². The molecular weight excluding hydrogens is 341 g/mol. The Morgan fingerprint density at radius 1 is 1.29 bits per heavy atom. The molecule has 1 aliphatic heterocycles. The molecule has 3 rings (SSSR count). The molecular formula is C16H15F3N2O2S. The molecule has 0 aliphatic carbocycles. The molecule has 2 heterocycles. The van der Waals surface area contributed by atoms with E-state index >= 15 is 0 Å². The molecule has 2 aromatic rings. The van der Waals surface area contributed by atoms with Crippen molar-refractivity contribution in [2.24, 2.45) is 0 Å². The van der Waals surface area contributed by atoms with Gasteiger partial charge in [0.2, 0.25) is 0 Å². The van der Waals surface area contributed by atoms with E-state index in [-0.39, 0.29) is 10.6 Å². The quantitative estimate of drug-likeness (QED) is 0.476. The molecule has 1 aromatic carbocycles. The van der Waals surface area contributed by atoms with Gasteiger partial charge in [0.1, 0.15) is 5.56 Å². The van der Waals surface area contributed by atoms with E-state index in [1.807, 2.05) is 0 Å². The first-order chi connectivity index (χ1) is 11.5. The normalized spacial score (nSPS) is 13.7. The van der Waals surface area contributed by atoms with Crippen LogP contribution in [0.5, 0.6) is 0 Å². The average molecular weight is 356 g/mol. The molecule has 4 nitrogen and oxygen atoms in total. The number of aromatic nitrogens is 2. The zero-order chi connectivity index (χ0) is 17.3. The lowest BCUT2D eigenvalue weighted by molar-refractivity contribution is 0.0598. The Morgan fingerprint density at radius 3 is 2.67 bits per heavy atom. The molecule has 0 spiro atoms. The fourth-order valence-corrected chi connectivity index (χ4v) is 3.63. The summed E-state index contributed by atoms with van der Waals surface area (Å²) in [4.78, 5) is 12.3. The summed E-state index contributed by atoms with van der Waals surface area (Å²) >= 11 is 1.09. The minimum absolute atomic E-state index is 0.230. The lowest BCUT2D eigenvalue weighted by atomic mass is 10.1. The molecule has 0 unspecified atom stereocenters. The van der Waals surface area contributed by atoms with Crippen molar-refractivity contribution in [1.29, 1.82) is 0 Å². The van der Waals surface area contributed by atoms with Gasteiger partial charge in [-0.2, -0.15) is 5.10 Å². The van der Waals surface area contributed by atoms with Crippen LogP contribution in [0.15, 0.2) is 17.0 Å². The van der Waals surface area contributed by atoms with Gasteiger partial charge in [0.15, 0.2) is 17.5 Å². The third-order valence-electron chi connectivity index (χ3n) is 3.89. The van der Waals surface area contributed by atoms with E-state index in [1.54, 1.807) is 4.68 Å². The summed E-state index contributed by atoms with van der Waals surface area (Å²) < 4.78 is 46.2. The van der Waals surface area contributed by atoms with Crippen molar-refractivity contribution in [1.82, 2.24) is 9.78 Å². The number of carbonyl (C=O) groups is 1. The number of halogens is 3.